The van der Waals surface area contributed by atoms with E-state index in [9.17, 15) is 4.79 Å². The van der Waals surface area contributed by atoms with Gasteiger partial charge in [-0.1, -0.05) is 29.8 Å². The Balaban J connectivity index is 1.72. The number of aliphatic imine (C=N–C) groups is 1. The molecule has 0 aromatic heterocycles. The van der Waals surface area contributed by atoms with Crippen LogP contribution in [0.15, 0.2) is 53.5 Å². The minimum Gasteiger partial charge on any atom is -0.497 e. The predicted molar refractivity (Wildman–Crippen MR) is 105 cm³/mol. The number of carbonyl (C=O) groups is 1. The van der Waals surface area contributed by atoms with Gasteiger partial charge in [-0.15, -0.1) is 0 Å². The van der Waals surface area contributed by atoms with Crippen molar-refractivity contribution in [3.05, 3.63) is 65.2 Å². The molecule has 0 fully saturated rings. The Morgan fingerprint density at radius 1 is 1.04 bits per heavy atom. The molecule has 1 amide bonds. The van der Waals surface area contributed by atoms with E-state index in [0.717, 1.165) is 16.9 Å². The van der Waals surface area contributed by atoms with Crippen molar-refractivity contribution in [2.24, 2.45) is 4.99 Å². The Morgan fingerprint density at radius 2 is 1.81 bits per heavy atom. The number of methoxy groups -OCH3 is 1. The normalized spacial score (nSPS) is 11.0. The molecule has 2 aromatic carbocycles. The van der Waals surface area contributed by atoms with Gasteiger partial charge >= 0.3 is 0 Å². The molecule has 0 unspecified atom stereocenters. The van der Waals surface area contributed by atoms with E-state index in [2.05, 4.69) is 20.9 Å². The fourth-order valence-corrected chi connectivity index (χ4v) is 2.43. The number of nitrogens with one attached hydrogen (secondary N) is 3. The Kier molecular flexibility index (Phi) is 7.49. The molecule has 6 nitrogen and oxygen atoms in total. The number of nitrogens with zero attached hydrogens (tertiary/aromatic N) is 1. The third-order valence-corrected chi connectivity index (χ3v) is 3.80. The molecule has 2 rings (SSSR count). The highest BCUT2D eigenvalue weighted by molar-refractivity contribution is 5.94. The van der Waals surface area contributed by atoms with Crippen molar-refractivity contribution < 1.29 is 9.53 Å². The molecule has 2 aromatic rings. The quantitative estimate of drug-likeness (QED) is 0.404. The number of amides is 1. The van der Waals surface area contributed by atoms with Gasteiger partial charge in [-0.05, 0) is 36.8 Å². The van der Waals surface area contributed by atoms with E-state index in [4.69, 9.17) is 4.74 Å². The summed E-state index contributed by atoms with van der Waals surface area (Å²) in [4.78, 5) is 16.3. The van der Waals surface area contributed by atoms with Crippen molar-refractivity contribution >= 4 is 11.9 Å². The van der Waals surface area contributed by atoms with Crippen LogP contribution < -0.4 is 20.7 Å². The highest BCUT2D eigenvalue weighted by Crippen LogP contribution is 2.12. The molecular weight excluding hydrogens is 328 g/mol. The smallest absolute Gasteiger partial charge is 0.251 e. The molecule has 0 aliphatic rings. The van der Waals surface area contributed by atoms with Gasteiger partial charge in [0.25, 0.3) is 5.91 Å². The van der Waals surface area contributed by atoms with E-state index in [0.29, 0.717) is 31.2 Å². The van der Waals surface area contributed by atoms with Crippen molar-refractivity contribution in [3.63, 3.8) is 0 Å². The van der Waals surface area contributed by atoms with Gasteiger partial charge in [-0.3, -0.25) is 9.79 Å². The van der Waals surface area contributed by atoms with Crippen LogP contribution in [0, 0.1) is 6.92 Å². The first kappa shape index (κ1) is 19.3. The number of hydrogen-bond acceptors (Lipinski definition) is 3. The van der Waals surface area contributed by atoms with E-state index in [-0.39, 0.29) is 5.91 Å². The maximum Gasteiger partial charge on any atom is 0.251 e. The molecule has 0 saturated heterocycles. The fraction of sp³-hybridized carbons (Fsp3) is 0.300. The molecule has 0 heterocycles. The lowest BCUT2D eigenvalue weighted by atomic mass is 10.1. The van der Waals surface area contributed by atoms with Crippen molar-refractivity contribution in [3.8, 4) is 5.75 Å². The van der Waals surface area contributed by atoms with Crippen LogP contribution in [0.4, 0.5) is 0 Å². The van der Waals surface area contributed by atoms with E-state index < -0.39 is 0 Å². The standard InChI is InChI=1S/C20H26N4O2/c1-15-6-4-8-17(12-15)19(25)22-10-11-23-20(21-2)24-14-16-7-5-9-18(13-16)26-3/h4-9,12-13H,10-11,14H2,1-3H3,(H,22,25)(H2,21,23,24). The molecule has 0 aliphatic carbocycles. The van der Waals surface area contributed by atoms with Crippen LogP contribution in [0.3, 0.4) is 0 Å². The second-order valence-corrected chi connectivity index (χ2v) is 5.83. The summed E-state index contributed by atoms with van der Waals surface area (Å²) in [7, 11) is 3.37. The summed E-state index contributed by atoms with van der Waals surface area (Å²) in [6, 6.07) is 15.4. The molecule has 0 atom stereocenters. The molecular formula is C20H26N4O2. The average molecular weight is 354 g/mol. The van der Waals surface area contributed by atoms with Gasteiger partial charge in [0.2, 0.25) is 0 Å². The van der Waals surface area contributed by atoms with E-state index in [1.54, 1.807) is 14.2 Å². The van der Waals surface area contributed by atoms with Gasteiger partial charge in [0.15, 0.2) is 5.96 Å². The zero-order chi connectivity index (χ0) is 18.8. The molecule has 138 valence electrons. The van der Waals surface area contributed by atoms with Crippen LogP contribution in [-0.2, 0) is 6.54 Å². The van der Waals surface area contributed by atoms with Gasteiger partial charge < -0.3 is 20.7 Å². The lowest BCUT2D eigenvalue weighted by Gasteiger charge is -2.13. The first-order chi connectivity index (χ1) is 12.6. The molecule has 3 N–H and O–H groups in total. The highest BCUT2D eigenvalue weighted by Gasteiger charge is 2.05. The minimum absolute atomic E-state index is 0.0742. The number of guanidine groups is 1. The Morgan fingerprint density at radius 3 is 2.54 bits per heavy atom. The summed E-state index contributed by atoms with van der Waals surface area (Å²) in [5.74, 6) is 1.43. The number of ether oxygens (including phenoxy) is 1. The Bertz CT molecular complexity index is 759. The molecule has 6 heteroatoms. The second-order valence-electron chi connectivity index (χ2n) is 5.83. The predicted octanol–water partition coefficient (Wildman–Crippen LogP) is 2.10. The van der Waals surface area contributed by atoms with E-state index in [1.807, 2.05) is 55.5 Å². The summed E-state index contributed by atoms with van der Waals surface area (Å²) in [5, 5.41) is 9.31. The van der Waals surface area contributed by atoms with Crippen molar-refractivity contribution in [1.82, 2.24) is 16.0 Å². The van der Waals surface area contributed by atoms with Crippen molar-refractivity contribution in [2.45, 2.75) is 13.5 Å². The number of benzene rings is 2. The number of carbonyl (C=O) groups excluding carboxylic acids is 1. The summed E-state index contributed by atoms with van der Waals surface area (Å²) >= 11 is 0. The third-order valence-electron chi connectivity index (χ3n) is 3.80. The SMILES string of the molecule is CN=C(NCCNC(=O)c1cccc(C)c1)NCc1cccc(OC)c1. The van der Waals surface area contributed by atoms with E-state index >= 15 is 0 Å². The fourth-order valence-electron chi connectivity index (χ4n) is 2.43. The third kappa shape index (κ3) is 6.12. The highest BCUT2D eigenvalue weighted by atomic mass is 16.5. The van der Waals surface area contributed by atoms with Gasteiger partial charge in [-0.2, -0.15) is 0 Å². The minimum atomic E-state index is -0.0742. The monoisotopic (exact) mass is 354 g/mol. The van der Waals surface area contributed by atoms with Crippen molar-refractivity contribution in [1.29, 1.82) is 0 Å². The van der Waals surface area contributed by atoms with Gasteiger partial charge in [-0.25, -0.2) is 0 Å². The maximum atomic E-state index is 12.1. The molecule has 0 bridgehead atoms. The molecule has 0 saturated carbocycles. The summed E-state index contributed by atoms with van der Waals surface area (Å²) < 4.78 is 5.22. The second kappa shape index (κ2) is 10.1. The lowest BCUT2D eigenvalue weighted by molar-refractivity contribution is 0.0954. The first-order valence-electron chi connectivity index (χ1n) is 8.54. The van der Waals surface area contributed by atoms with Crippen LogP contribution in [-0.4, -0.2) is 39.1 Å². The molecule has 0 aliphatic heterocycles. The van der Waals surface area contributed by atoms with Crippen molar-refractivity contribution in [2.75, 3.05) is 27.2 Å². The number of aryl methyl sites for hydroxylation is 1. The van der Waals surface area contributed by atoms with E-state index in [1.165, 1.54) is 0 Å². The topological polar surface area (TPSA) is 74.8 Å². The van der Waals surface area contributed by atoms with Crippen LogP contribution in [0.5, 0.6) is 5.75 Å². The largest absolute Gasteiger partial charge is 0.497 e. The zero-order valence-electron chi connectivity index (χ0n) is 15.5. The molecule has 26 heavy (non-hydrogen) atoms. The van der Waals surface area contributed by atoms with Crippen LogP contribution >= 0.6 is 0 Å². The zero-order valence-corrected chi connectivity index (χ0v) is 15.5. The lowest BCUT2D eigenvalue weighted by Crippen LogP contribution is -2.41. The van der Waals surface area contributed by atoms with Crippen LogP contribution in [0.25, 0.3) is 0 Å². The first-order valence-corrected chi connectivity index (χ1v) is 8.54. The van der Waals surface area contributed by atoms with Crippen LogP contribution in [0.2, 0.25) is 0 Å². The van der Waals surface area contributed by atoms with Gasteiger partial charge in [0.05, 0.1) is 7.11 Å². The van der Waals surface area contributed by atoms with Crippen LogP contribution in [0.1, 0.15) is 21.5 Å². The summed E-state index contributed by atoms with van der Waals surface area (Å²) in [6.07, 6.45) is 0. The maximum absolute atomic E-state index is 12.1. The number of hydrogen-bond donors (Lipinski definition) is 3. The van der Waals surface area contributed by atoms with Gasteiger partial charge in [0, 0.05) is 32.2 Å². The number of rotatable bonds is 7. The summed E-state index contributed by atoms with van der Waals surface area (Å²) in [5.41, 5.74) is 2.84. The molecule has 0 radical (unpaired) electrons. The Hall–Kier alpha value is -3.02. The Labute approximate surface area is 154 Å². The summed E-state index contributed by atoms with van der Waals surface area (Å²) in [6.45, 7) is 3.69. The molecule has 0 spiro atoms. The average Bonchev–Trinajstić information content (AvgIpc) is 2.67. The van der Waals surface area contributed by atoms with Gasteiger partial charge in [0.1, 0.15) is 5.75 Å².